The standard InChI is InChI=1S/C68H78N14O16/c1-86-20-23-89-26-29-92-32-35-95-45-11-15-49-53(38-45)64-74-60(49)76-65-55-40-47(97-37-34-94-31-28-91-25-22-88-3)13-17-51(55)62(78-65)80-67-56-41-48(98-44-9-7-43(8-10-44)68(85)73-57(59(69)84)6-4-5-19-71-58(83)42-72-82-70)14-18-52(56)63(81-67)79-66-54-39-46(12-16-50(54)61(75-64)77-66)96-36-33-93-30-27-90-24-21-87-2/h7-18,38-41,57H,4-6,19-37,42H2,1-3H3,(H2,69,84)(H,71,83)(H,73,85)(H2,74,75,76,77,78,79,80,81)/t57-/m0/s1. The van der Waals surface area contributed by atoms with E-state index in [0.717, 1.165) is 0 Å². The van der Waals surface area contributed by atoms with Crippen molar-refractivity contribution >= 4 is 61.9 Å². The Bertz CT molecular complexity index is 4200. The van der Waals surface area contributed by atoms with Gasteiger partial charge >= 0.3 is 0 Å². The lowest BCUT2D eigenvalue weighted by molar-refractivity contribution is -0.120. The molecule has 0 spiro atoms. The number of fused-ring (bicyclic) bond motifs is 20. The molecule has 516 valence electrons. The van der Waals surface area contributed by atoms with Gasteiger partial charge < -0.3 is 87.9 Å². The summed E-state index contributed by atoms with van der Waals surface area (Å²) in [4.78, 5) is 78.5. The normalized spacial score (nSPS) is 11.8. The van der Waals surface area contributed by atoms with Crippen molar-refractivity contribution in [3.63, 3.8) is 0 Å². The highest BCUT2D eigenvalue weighted by Gasteiger charge is 2.25. The molecule has 6 N–H and O–H groups in total. The van der Waals surface area contributed by atoms with Crippen molar-refractivity contribution in [3.8, 4) is 74.3 Å². The number of azide groups is 1. The number of ether oxygens (including phenoxy) is 13. The molecule has 0 saturated heterocycles. The molecule has 10 rings (SSSR count). The van der Waals surface area contributed by atoms with E-state index in [1.165, 1.54) is 0 Å². The molecule has 0 aliphatic carbocycles. The third kappa shape index (κ3) is 19.8. The van der Waals surface area contributed by atoms with Crippen LogP contribution in [0.3, 0.4) is 0 Å². The van der Waals surface area contributed by atoms with Gasteiger partial charge in [-0.2, -0.15) is 0 Å². The predicted octanol–water partition coefficient (Wildman–Crippen LogP) is 8.02. The van der Waals surface area contributed by atoms with Gasteiger partial charge in [0.05, 0.1) is 99.1 Å². The van der Waals surface area contributed by atoms with Gasteiger partial charge in [0.2, 0.25) is 11.8 Å². The number of nitrogens with one attached hydrogen (secondary N) is 4. The average Bonchev–Trinajstić information content (AvgIpc) is 1.60. The van der Waals surface area contributed by atoms with E-state index < -0.39 is 23.8 Å². The molecule has 98 heavy (non-hydrogen) atoms. The van der Waals surface area contributed by atoms with Crippen LogP contribution < -0.4 is 35.3 Å². The molecule has 8 aromatic rings. The van der Waals surface area contributed by atoms with E-state index in [1.807, 2.05) is 66.7 Å². The molecule has 1 atom stereocenters. The molecular formula is C68H78N14O16. The van der Waals surface area contributed by atoms with Gasteiger partial charge in [-0.1, -0.05) is 5.11 Å². The molecular weight excluding hydrogens is 1270 g/mol. The zero-order valence-electron chi connectivity index (χ0n) is 54.7. The number of carbonyl (C=O) groups is 3. The van der Waals surface area contributed by atoms with Crippen LogP contribution in [0, 0.1) is 0 Å². The Balaban J connectivity index is 1.01. The number of nitrogens with two attached hydrogens (primary N) is 1. The number of amides is 3. The summed E-state index contributed by atoms with van der Waals surface area (Å²) in [5.74, 6) is 2.19. The van der Waals surface area contributed by atoms with Gasteiger partial charge in [0, 0.05) is 82.1 Å². The Morgan fingerprint density at radius 3 is 1.33 bits per heavy atom. The smallest absolute Gasteiger partial charge is 0.251 e. The van der Waals surface area contributed by atoms with E-state index in [4.69, 9.17) is 103 Å². The summed E-state index contributed by atoms with van der Waals surface area (Å²) in [7, 11) is 4.87. The van der Waals surface area contributed by atoms with Crippen LogP contribution in [-0.2, 0) is 52.2 Å². The maximum absolute atomic E-state index is 13.5. The van der Waals surface area contributed by atoms with Gasteiger partial charge in [-0.15, -0.1) is 0 Å². The highest BCUT2D eigenvalue weighted by atomic mass is 16.6. The molecule has 3 aromatic heterocycles. The van der Waals surface area contributed by atoms with Crippen molar-refractivity contribution in [2.45, 2.75) is 25.3 Å². The van der Waals surface area contributed by atoms with Crippen LogP contribution in [0.25, 0.3) is 100 Å². The highest BCUT2D eigenvalue weighted by molar-refractivity contribution is 6.07. The maximum atomic E-state index is 13.5. The number of benzene rings is 5. The first-order valence-electron chi connectivity index (χ1n) is 32.0. The first-order valence-corrected chi connectivity index (χ1v) is 32.0. The van der Waals surface area contributed by atoms with E-state index in [0.29, 0.717) is 230 Å². The second kappa shape index (κ2) is 36.9. The first kappa shape index (κ1) is 70.8. The summed E-state index contributed by atoms with van der Waals surface area (Å²) in [5, 5.41) is 11.3. The topological polar surface area (TPSA) is 379 Å². The van der Waals surface area contributed by atoms with Crippen molar-refractivity contribution in [3.05, 3.63) is 113 Å². The van der Waals surface area contributed by atoms with E-state index in [-0.39, 0.29) is 44.9 Å². The predicted molar refractivity (Wildman–Crippen MR) is 361 cm³/mol. The Kier molecular flexibility index (Phi) is 26.7. The molecule has 2 aliphatic rings. The number of aromatic amines is 2. The molecule has 0 unspecified atom stereocenters. The molecule has 0 fully saturated rings. The van der Waals surface area contributed by atoms with Gasteiger partial charge in [-0.25, -0.2) is 29.9 Å². The van der Waals surface area contributed by atoms with Crippen LogP contribution >= 0.6 is 0 Å². The van der Waals surface area contributed by atoms with E-state index in [1.54, 1.807) is 51.7 Å². The maximum Gasteiger partial charge on any atom is 0.251 e. The van der Waals surface area contributed by atoms with Crippen LogP contribution in [0.2, 0.25) is 0 Å². The number of aromatic nitrogens is 8. The molecule has 0 radical (unpaired) electrons. The Hall–Kier alpha value is -9.98. The first-order chi connectivity index (χ1) is 48.1. The minimum Gasteiger partial charge on any atom is -0.491 e. The van der Waals surface area contributed by atoms with Crippen molar-refractivity contribution in [1.29, 1.82) is 0 Å². The fraction of sp³-hybridized carbons (Fsp3) is 0.397. The van der Waals surface area contributed by atoms with Gasteiger partial charge in [-0.3, -0.25) is 14.4 Å². The Labute approximate surface area is 563 Å². The van der Waals surface area contributed by atoms with Crippen molar-refractivity contribution in [2.24, 2.45) is 10.8 Å². The Morgan fingerprint density at radius 2 is 0.867 bits per heavy atom. The van der Waals surface area contributed by atoms with Gasteiger partial charge in [0.25, 0.3) is 5.91 Å². The molecule has 2 aliphatic heterocycles. The van der Waals surface area contributed by atoms with Gasteiger partial charge in [0.1, 0.15) is 83.7 Å². The Morgan fingerprint density at radius 1 is 0.469 bits per heavy atom. The average molecular weight is 1350 g/mol. The molecule has 8 bridgehead atoms. The number of rotatable bonds is 42. The zero-order chi connectivity index (χ0) is 68.3. The minimum atomic E-state index is -0.968. The van der Waals surface area contributed by atoms with Gasteiger partial charge in [-0.05, 0) is 122 Å². The highest BCUT2D eigenvalue weighted by Crippen LogP contribution is 2.40. The van der Waals surface area contributed by atoms with Crippen LogP contribution in [0.5, 0.6) is 28.7 Å². The third-order valence-corrected chi connectivity index (χ3v) is 15.1. The van der Waals surface area contributed by atoms with E-state index >= 15 is 0 Å². The van der Waals surface area contributed by atoms with Crippen LogP contribution in [-0.4, -0.2) is 217 Å². The van der Waals surface area contributed by atoms with Crippen LogP contribution in [0.1, 0.15) is 29.6 Å². The number of primary amides is 1. The van der Waals surface area contributed by atoms with Crippen molar-refractivity contribution in [1.82, 2.24) is 50.5 Å². The molecule has 3 amide bonds. The fourth-order valence-electron chi connectivity index (χ4n) is 10.3. The molecule has 30 nitrogen and oxygen atoms in total. The molecule has 0 saturated carbocycles. The lowest BCUT2D eigenvalue weighted by Crippen LogP contribution is -2.44. The second-order valence-corrected chi connectivity index (χ2v) is 21.9. The fourth-order valence-corrected chi connectivity index (χ4v) is 10.3. The van der Waals surface area contributed by atoms with Gasteiger partial charge in [0.15, 0.2) is 23.3 Å². The zero-order valence-corrected chi connectivity index (χ0v) is 54.7. The SMILES string of the molecule is COCCOCCOCCOc1ccc2c(c1)-c1nc-2nc2[nH]c(nc3nc(nc4[nH]c(n1)c1ccc(OCCOCCOCCOC)cc41)-c1ccc(OCCOCCOCCOC)cc1-3)c1ccc(Oc3ccc(C(=O)N[C@@H](CCCCNC(=O)CN=[N+]=[N-])C(N)=O)cc3)cc21. The summed E-state index contributed by atoms with van der Waals surface area (Å²) < 4.78 is 74.4. The minimum absolute atomic E-state index is 0.237. The molecule has 30 heteroatoms. The summed E-state index contributed by atoms with van der Waals surface area (Å²) >= 11 is 0. The number of methoxy groups -OCH3 is 3. The number of carbonyl (C=O) groups excluding carboxylic acids is 3. The van der Waals surface area contributed by atoms with Crippen molar-refractivity contribution < 1.29 is 76.0 Å². The summed E-state index contributed by atoms with van der Waals surface area (Å²) in [6.45, 7) is 7.09. The van der Waals surface area contributed by atoms with Crippen molar-refractivity contribution in [2.75, 3.05) is 153 Å². The molecule has 5 aromatic carbocycles. The second-order valence-electron chi connectivity index (χ2n) is 21.9. The van der Waals surface area contributed by atoms with Crippen LogP contribution in [0.15, 0.2) is 102 Å². The number of unbranched alkanes of at least 4 members (excludes halogenated alkanes) is 1. The third-order valence-electron chi connectivity index (χ3n) is 15.1. The lowest BCUT2D eigenvalue weighted by Gasteiger charge is -2.16. The van der Waals surface area contributed by atoms with E-state index in [9.17, 15) is 14.4 Å². The number of H-pyrrole nitrogens is 2. The monoisotopic (exact) mass is 1350 g/mol. The summed E-state index contributed by atoms with van der Waals surface area (Å²) in [6, 6.07) is 27.8. The number of hydrogen-bond acceptors (Lipinski definition) is 23. The van der Waals surface area contributed by atoms with Crippen LogP contribution in [0.4, 0.5) is 0 Å². The largest absolute Gasteiger partial charge is 0.491 e. The van der Waals surface area contributed by atoms with E-state index in [2.05, 4.69) is 30.6 Å². The quantitative estimate of drug-likeness (QED) is 0.0105. The number of hydrogen-bond donors (Lipinski definition) is 5. The summed E-state index contributed by atoms with van der Waals surface area (Å²) in [5.41, 5.74) is 18.7. The molecule has 5 heterocycles. The lowest BCUT2D eigenvalue weighted by atomic mass is 10.1. The number of nitrogens with zero attached hydrogens (tertiary/aromatic N) is 9. The summed E-state index contributed by atoms with van der Waals surface area (Å²) in [6.07, 6.45) is 1.20.